The van der Waals surface area contributed by atoms with E-state index in [1.54, 1.807) is 46.7 Å². The largest absolute Gasteiger partial charge is 0.433 e. The number of carbonyl (C=O) groups excluding carboxylic acids is 2. The lowest BCUT2D eigenvalue weighted by atomic mass is 10.0. The van der Waals surface area contributed by atoms with E-state index in [4.69, 9.17) is 4.42 Å². The quantitative estimate of drug-likeness (QED) is 0.448. The number of carbonyl (C=O) groups is 2. The Balaban J connectivity index is 1.47. The summed E-state index contributed by atoms with van der Waals surface area (Å²) in [7, 11) is 0. The highest BCUT2D eigenvalue weighted by Crippen LogP contribution is 2.35. The number of fused-ring (bicyclic) bond motifs is 1. The normalized spacial score (nSPS) is 16.1. The molecule has 2 aromatic carbocycles. The minimum absolute atomic E-state index is 0.0588. The first kappa shape index (κ1) is 18.4. The molecule has 30 heavy (non-hydrogen) atoms. The minimum Gasteiger partial charge on any atom is -0.433 e. The number of benzene rings is 2. The van der Waals surface area contributed by atoms with Crippen LogP contribution in [0.2, 0.25) is 0 Å². The molecule has 0 saturated heterocycles. The van der Waals surface area contributed by atoms with Crippen LogP contribution in [0.15, 0.2) is 75.6 Å². The van der Waals surface area contributed by atoms with Crippen molar-refractivity contribution in [3.8, 4) is 0 Å². The summed E-state index contributed by atoms with van der Waals surface area (Å²) in [6.07, 6.45) is 0.624. The van der Waals surface area contributed by atoms with E-state index in [-0.39, 0.29) is 23.6 Å². The second kappa shape index (κ2) is 7.35. The fraction of sp³-hybridized carbons (Fsp3) is 0.130. The number of hydrogen-bond acceptors (Lipinski definition) is 6. The molecule has 3 heterocycles. The maximum absolute atomic E-state index is 12.6. The van der Waals surface area contributed by atoms with Crippen molar-refractivity contribution >= 4 is 39.8 Å². The third-order valence-electron chi connectivity index (χ3n) is 5.06. The number of thiophene rings is 1. The molecule has 2 aromatic heterocycles. The van der Waals surface area contributed by atoms with E-state index in [1.165, 1.54) is 6.92 Å². The summed E-state index contributed by atoms with van der Waals surface area (Å²) >= 11 is 1.61. The third-order valence-corrected chi connectivity index (χ3v) is 6.03. The lowest BCUT2D eigenvalue weighted by Gasteiger charge is -2.18. The number of nitrogens with zero attached hydrogens (tertiary/aromatic N) is 3. The molecule has 0 spiro atoms. The summed E-state index contributed by atoms with van der Waals surface area (Å²) < 4.78 is 5.68. The van der Waals surface area contributed by atoms with Gasteiger partial charge < -0.3 is 4.42 Å². The van der Waals surface area contributed by atoms with E-state index in [1.807, 2.05) is 35.7 Å². The fourth-order valence-electron chi connectivity index (χ4n) is 3.59. The zero-order valence-corrected chi connectivity index (χ0v) is 16.9. The Bertz CT molecular complexity index is 1280. The van der Waals surface area contributed by atoms with Crippen LogP contribution in [0.1, 0.15) is 46.1 Å². The van der Waals surface area contributed by atoms with Crippen LogP contribution >= 0.6 is 11.3 Å². The van der Waals surface area contributed by atoms with Crippen molar-refractivity contribution in [2.45, 2.75) is 19.4 Å². The van der Waals surface area contributed by atoms with E-state index in [9.17, 15) is 9.59 Å². The van der Waals surface area contributed by atoms with Crippen LogP contribution in [0, 0.1) is 0 Å². The second-order valence-corrected chi connectivity index (χ2v) is 8.02. The van der Waals surface area contributed by atoms with E-state index in [0.717, 1.165) is 16.2 Å². The SMILES string of the molecule is CC(=O)N1N=C(c2ccc3oc(C(=O)c4ccccc4)nc3c2)CC1c1cccs1. The molecule has 1 unspecified atom stereocenters. The average Bonchev–Trinajstić information content (AvgIpc) is 3.51. The molecule has 5 rings (SSSR count). The van der Waals surface area contributed by atoms with Gasteiger partial charge in [0.1, 0.15) is 5.52 Å². The standard InChI is InChI=1S/C23H17N3O3S/c1-14(27)26-19(21-8-5-11-30-21)13-17(25-26)16-9-10-20-18(12-16)24-23(29-20)22(28)15-6-3-2-4-7-15/h2-12,19H,13H2,1H3. The highest BCUT2D eigenvalue weighted by atomic mass is 32.1. The Morgan fingerprint density at radius 3 is 2.67 bits per heavy atom. The summed E-state index contributed by atoms with van der Waals surface area (Å²) in [5.74, 6) is -0.294. The molecule has 0 fully saturated rings. The number of oxazole rings is 1. The van der Waals surface area contributed by atoms with Crippen molar-refractivity contribution in [3.05, 3.63) is 87.9 Å². The summed E-state index contributed by atoms with van der Waals surface area (Å²) in [6, 6.07) is 18.4. The molecular formula is C23H17N3O3S. The predicted molar refractivity (Wildman–Crippen MR) is 115 cm³/mol. The van der Waals surface area contributed by atoms with E-state index in [0.29, 0.717) is 23.1 Å². The number of ketones is 1. The van der Waals surface area contributed by atoms with Gasteiger partial charge in [-0.2, -0.15) is 5.10 Å². The van der Waals surface area contributed by atoms with Crippen molar-refractivity contribution < 1.29 is 14.0 Å². The maximum atomic E-state index is 12.6. The molecule has 0 saturated carbocycles. The van der Waals surface area contributed by atoms with Gasteiger partial charge in [0.15, 0.2) is 5.58 Å². The molecule has 1 aliphatic heterocycles. The summed E-state index contributed by atoms with van der Waals surface area (Å²) in [6.45, 7) is 1.52. The molecule has 1 aliphatic rings. The molecule has 0 aliphatic carbocycles. The first-order chi connectivity index (χ1) is 14.6. The number of amides is 1. The van der Waals surface area contributed by atoms with Crippen LogP contribution in [-0.4, -0.2) is 27.4 Å². The number of aromatic nitrogens is 1. The zero-order chi connectivity index (χ0) is 20.7. The van der Waals surface area contributed by atoms with E-state index in [2.05, 4.69) is 10.1 Å². The molecule has 7 heteroatoms. The third kappa shape index (κ3) is 3.23. The van der Waals surface area contributed by atoms with Crippen LogP contribution in [0.4, 0.5) is 0 Å². The van der Waals surface area contributed by atoms with Gasteiger partial charge in [0, 0.05) is 29.3 Å². The van der Waals surface area contributed by atoms with Crippen LogP contribution in [0.5, 0.6) is 0 Å². The number of rotatable bonds is 4. The van der Waals surface area contributed by atoms with Crippen molar-refractivity contribution in [1.29, 1.82) is 0 Å². The number of hydrogen-bond donors (Lipinski definition) is 0. The Morgan fingerprint density at radius 1 is 1.10 bits per heavy atom. The van der Waals surface area contributed by atoms with Gasteiger partial charge in [-0.3, -0.25) is 9.59 Å². The van der Waals surface area contributed by atoms with E-state index >= 15 is 0 Å². The maximum Gasteiger partial charge on any atom is 0.269 e. The van der Waals surface area contributed by atoms with Crippen molar-refractivity contribution in [1.82, 2.24) is 9.99 Å². The van der Waals surface area contributed by atoms with Crippen LogP contribution in [0.25, 0.3) is 11.1 Å². The summed E-state index contributed by atoms with van der Waals surface area (Å²) in [5, 5.41) is 8.11. The Labute approximate surface area is 176 Å². The Hall–Kier alpha value is -3.58. The van der Waals surface area contributed by atoms with Gasteiger partial charge in [0.2, 0.25) is 11.7 Å². The van der Waals surface area contributed by atoms with Gasteiger partial charge in [-0.15, -0.1) is 11.3 Å². The number of hydrazone groups is 1. The highest BCUT2D eigenvalue weighted by molar-refractivity contribution is 7.10. The highest BCUT2D eigenvalue weighted by Gasteiger charge is 2.32. The first-order valence-corrected chi connectivity index (χ1v) is 10.4. The van der Waals surface area contributed by atoms with Gasteiger partial charge in [0.25, 0.3) is 5.89 Å². The molecule has 0 bridgehead atoms. The lowest BCUT2D eigenvalue weighted by molar-refractivity contribution is -0.130. The zero-order valence-electron chi connectivity index (χ0n) is 16.1. The van der Waals surface area contributed by atoms with Crippen molar-refractivity contribution in [3.63, 3.8) is 0 Å². The molecule has 1 atom stereocenters. The summed E-state index contributed by atoms with van der Waals surface area (Å²) in [5.41, 5.74) is 3.32. The molecule has 148 valence electrons. The van der Waals surface area contributed by atoms with Gasteiger partial charge in [-0.05, 0) is 29.6 Å². The smallest absolute Gasteiger partial charge is 0.269 e. The molecule has 0 N–H and O–H groups in total. The van der Waals surface area contributed by atoms with Gasteiger partial charge in [-0.25, -0.2) is 9.99 Å². The van der Waals surface area contributed by atoms with Gasteiger partial charge >= 0.3 is 0 Å². The van der Waals surface area contributed by atoms with Crippen LogP contribution in [0.3, 0.4) is 0 Å². The lowest BCUT2D eigenvalue weighted by Crippen LogP contribution is -2.23. The molecule has 4 aromatic rings. The van der Waals surface area contributed by atoms with Crippen molar-refractivity contribution in [2.75, 3.05) is 0 Å². The second-order valence-electron chi connectivity index (χ2n) is 7.04. The monoisotopic (exact) mass is 415 g/mol. The van der Waals surface area contributed by atoms with Gasteiger partial charge in [0.05, 0.1) is 11.8 Å². The van der Waals surface area contributed by atoms with Crippen LogP contribution < -0.4 is 0 Å². The molecular weight excluding hydrogens is 398 g/mol. The van der Waals surface area contributed by atoms with Gasteiger partial charge in [-0.1, -0.05) is 36.4 Å². The summed E-state index contributed by atoms with van der Waals surface area (Å²) in [4.78, 5) is 30.2. The first-order valence-electron chi connectivity index (χ1n) is 9.51. The molecule has 6 nitrogen and oxygen atoms in total. The topological polar surface area (TPSA) is 75.8 Å². The Kier molecular flexibility index (Phi) is 4.52. The minimum atomic E-state index is -0.257. The van der Waals surface area contributed by atoms with Crippen molar-refractivity contribution in [2.24, 2.45) is 5.10 Å². The Morgan fingerprint density at radius 2 is 1.93 bits per heavy atom. The average molecular weight is 415 g/mol. The van der Waals surface area contributed by atoms with Crippen LogP contribution in [-0.2, 0) is 4.79 Å². The van der Waals surface area contributed by atoms with E-state index < -0.39 is 0 Å². The predicted octanol–water partition coefficient (Wildman–Crippen LogP) is 4.82. The molecule has 1 amide bonds. The molecule has 0 radical (unpaired) electrons. The fourth-order valence-corrected chi connectivity index (χ4v) is 4.41.